The summed E-state index contributed by atoms with van der Waals surface area (Å²) in [6.07, 6.45) is 2.90. The highest BCUT2D eigenvalue weighted by atomic mass is 32.2. The third-order valence-corrected chi connectivity index (χ3v) is 3.34. The number of hydrogen-bond donors (Lipinski definition) is 1. The Morgan fingerprint density at radius 2 is 2.11 bits per heavy atom. The van der Waals surface area contributed by atoms with Crippen LogP contribution in [-0.4, -0.2) is 44.9 Å². The molecular formula is C11H21N3O4S. The van der Waals surface area contributed by atoms with Crippen LogP contribution in [0.3, 0.4) is 0 Å². The number of primary sulfonamides is 1. The number of hydrogen-bond acceptors (Lipinski definition) is 5. The van der Waals surface area contributed by atoms with Crippen molar-refractivity contribution in [3.8, 4) is 0 Å². The summed E-state index contributed by atoms with van der Waals surface area (Å²) in [4.78, 5) is 4.02. The summed E-state index contributed by atoms with van der Waals surface area (Å²) in [5.74, 6) is 0.709. The van der Waals surface area contributed by atoms with Gasteiger partial charge in [-0.2, -0.15) is 0 Å². The summed E-state index contributed by atoms with van der Waals surface area (Å²) in [7, 11) is -2.11. The molecule has 19 heavy (non-hydrogen) atoms. The molecule has 110 valence electrons. The summed E-state index contributed by atoms with van der Waals surface area (Å²) in [5, 5.41) is 4.98. The summed E-state index contributed by atoms with van der Waals surface area (Å²) in [5.41, 5.74) is 0. The number of aryl methyl sites for hydroxylation is 2. The summed E-state index contributed by atoms with van der Waals surface area (Å²) in [6, 6.07) is 0. The molecule has 0 saturated heterocycles. The van der Waals surface area contributed by atoms with Gasteiger partial charge >= 0.3 is 0 Å². The summed E-state index contributed by atoms with van der Waals surface area (Å²) in [6.45, 7) is 4.29. The average Bonchev–Trinajstić information content (AvgIpc) is 2.76. The Balaban J connectivity index is 2.51. The summed E-state index contributed by atoms with van der Waals surface area (Å²) >= 11 is 0. The van der Waals surface area contributed by atoms with Gasteiger partial charge in [-0.3, -0.25) is 0 Å². The molecule has 0 aliphatic carbocycles. The molecule has 0 fully saturated rings. The van der Waals surface area contributed by atoms with Crippen LogP contribution in [0.2, 0.25) is 0 Å². The molecule has 0 aromatic carbocycles. The second-order valence-electron chi connectivity index (χ2n) is 4.05. The van der Waals surface area contributed by atoms with E-state index < -0.39 is 10.0 Å². The lowest BCUT2D eigenvalue weighted by molar-refractivity contribution is 0.0679. The lowest BCUT2D eigenvalue weighted by Crippen LogP contribution is -2.12. The van der Waals surface area contributed by atoms with E-state index in [9.17, 15) is 8.42 Å². The molecule has 0 radical (unpaired) electrons. The fraction of sp³-hybridized carbons (Fsp3) is 0.727. The Labute approximate surface area is 113 Å². The molecule has 1 heterocycles. The first-order chi connectivity index (χ1) is 8.99. The Kier molecular flexibility index (Phi) is 6.43. The predicted octanol–water partition coefficient (Wildman–Crippen LogP) is 0.146. The normalized spacial score (nSPS) is 11.9. The topological polar surface area (TPSA) is 96.4 Å². The van der Waals surface area contributed by atoms with E-state index >= 15 is 0 Å². The largest absolute Gasteiger partial charge is 0.382 e. The second-order valence-corrected chi connectivity index (χ2v) is 5.55. The van der Waals surface area contributed by atoms with Crippen LogP contribution in [0.1, 0.15) is 19.2 Å². The van der Waals surface area contributed by atoms with E-state index in [0.717, 1.165) is 6.42 Å². The van der Waals surface area contributed by atoms with E-state index in [0.29, 0.717) is 38.6 Å². The molecule has 7 nitrogen and oxygen atoms in total. The van der Waals surface area contributed by atoms with E-state index in [1.54, 1.807) is 11.7 Å². The molecule has 0 aliphatic rings. The molecule has 0 aliphatic heterocycles. The number of ether oxygens (including phenoxy) is 2. The highest BCUT2D eigenvalue weighted by molar-refractivity contribution is 7.89. The zero-order valence-corrected chi connectivity index (χ0v) is 12.1. The maximum absolute atomic E-state index is 11.2. The lowest BCUT2D eigenvalue weighted by Gasteiger charge is -2.06. The average molecular weight is 291 g/mol. The van der Waals surface area contributed by atoms with Crippen LogP contribution in [0, 0.1) is 0 Å². The monoisotopic (exact) mass is 291 g/mol. The van der Waals surface area contributed by atoms with Gasteiger partial charge in [0.1, 0.15) is 5.82 Å². The van der Waals surface area contributed by atoms with Gasteiger partial charge in [0.2, 0.25) is 0 Å². The quantitative estimate of drug-likeness (QED) is 0.653. The van der Waals surface area contributed by atoms with Gasteiger partial charge in [-0.25, -0.2) is 18.5 Å². The predicted molar refractivity (Wildman–Crippen MR) is 70.3 cm³/mol. The maximum atomic E-state index is 11.2. The van der Waals surface area contributed by atoms with Crippen molar-refractivity contribution in [1.82, 2.24) is 9.55 Å². The Morgan fingerprint density at radius 3 is 2.68 bits per heavy atom. The van der Waals surface area contributed by atoms with Gasteiger partial charge in [-0.15, -0.1) is 0 Å². The second kappa shape index (κ2) is 7.59. The number of nitrogens with two attached hydrogens (primary N) is 1. The minimum atomic E-state index is -3.74. The summed E-state index contributed by atoms with van der Waals surface area (Å²) < 4.78 is 34.5. The molecule has 8 heteroatoms. The van der Waals surface area contributed by atoms with Gasteiger partial charge in [0.15, 0.2) is 5.03 Å². The first-order valence-electron chi connectivity index (χ1n) is 6.14. The Morgan fingerprint density at radius 1 is 1.37 bits per heavy atom. The zero-order valence-electron chi connectivity index (χ0n) is 11.3. The van der Waals surface area contributed by atoms with Crippen LogP contribution in [0.25, 0.3) is 0 Å². The minimum Gasteiger partial charge on any atom is -0.382 e. The number of methoxy groups -OCH3 is 1. The van der Waals surface area contributed by atoms with Crippen LogP contribution in [-0.2, 0) is 32.5 Å². The number of nitrogens with zero attached hydrogens (tertiary/aromatic N) is 2. The standard InChI is InChI=1S/C11H21N3O4S/c1-3-10-13-11(19(12,15)16)9-14(10)5-4-6-18-8-7-17-2/h9H,3-8H2,1-2H3,(H2,12,15,16). The van der Waals surface area contributed by atoms with Gasteiger partial charge < -0.3 is 14.0 Å². The van der Waals surface area contributed by atoms with Crippen molar-refractivity contribution < 1.29 is 17.9 Å². The van der Waals surface area contributed by atoms with E-state index in [4.69, 9.17) is 14.6 Å². The van der Waals surface area contributed by atoms with Gasteiger partial charge in [0.25, 0.3) is 10.0 Å². The minimum absolute atomic E-state index is 0.0790. The molecular weight excluding hydrogens is 270 g/mol. The van der Waals surface area contributed by atoms with Crippen molar-refractivity contribution in [1.29, 1.82) is 0 Å². The van der Waals surface area contributed by atoms with Gasteiger partial charge in [-0.1, -0.05) is 6.92 Å². The number of rotatable bonds is 9. The van der Waals surface area contributed by atoms with Crippen molar-refractivity contribution in [3.05, 3.63) is 12.0 Å². The third kappa shape index (κ3) is 5.27. The van der Waals surface area contributed by atoms with Gasteiger partial charge in [-0.05, 0) is 6.42 Å². The molecule has 2 N–H and O–H groups in total. The Hall–Kier alpha value is -0.960. The highest BCUT2D eigenvalue weighted by Crippen LogP contribution is 2.09. The smallest absolute Gasteiger partial charge is 0.257 e. The van der Waals surface area contributed by atoms with Crippen LogP contribution in [0.15, 0.2) is 11.2 Å². The SMILES string of the molecule is CCc1nc(S(N)(=O)=O)cn1CCCOCCOC. The number of imidazole rings is 1. The van der Waals surface area contributed by atoms with Crippen LogP contribution in [0.5, 0.6) is 0 Å². The highest BCUT2D eigenvalue weighted by Gasteiger charge is 2.15. The first kappa shape index (κ1) is 16.1. The van der Waals surface area contributed by atoms with E-state index in [2.05, 4.69) is 4.98 Å². The van der Waals surface area contributed by atoms with Crippen molar-refractivity contribution in [2.24, 2.45) is 5.14 Å². The molecule has 1 aromatic rings. The fourth-order valence-corrected chi connectivity index (χ4v) is 2.13. The first-order valence-corrected chi connectivity index (χ1v) is 7.69. The molecule has 0 saturated carbocycles. The molecule has 0 bridgehead atoms. The molecule has 0 atom stereocenters. The molecule has 1 aromatic heterocycles. The van der Waals surface area contributed by atoms with Crippen molar-refractivity contribution in [2.45, 2.75) is 31.3 Å². The molecule has 0 unspecified atom stereocenters. The zero-order chi connectivity index (χ0) is 14.3. The van der Waals surface area contributed by atoms with E-state index in [1.165, 1.54) is 6.20 Å². The Bertz CT molecular complexity index is 484. The molecule has 0 spiro atoms. The van der Waals surface area contributed by atoms with Crippen molar-refractivity contribution in [3.63, 3.8) is 0 Å². The fourth-order valence-electron chi connectivity index (χ4n) is 1.62. The lowest BCUT2D eigenvalue weighted by atomic mass is 10.4. The van der Waals surface area contributed by atoms with Crippen LogP contribution >= 0.6 is 0 Å². The van der Waals surface area contributed by atoms with Crippen molar-refractivity contribution >= 4 is 10.0 Å². The van der Waals surface area contributed by atoms with E-state index in [-0.39, 0.29) is 5.03 Å². The van der Waals surface area contributed by atoms with Crippen molar-refractivity contribution in [2.75, 3.05) is 26.9 Å². The maximum Gasteiger partial charge on any atom is 0.257 e. The molecule has 0 amide bonds. The van der Waals surface area contributed by atoms with E-state index in [1.807, 2.05) is 6.92 Å². The van der Waals surface area contributed by atoms with Gasteiger partial charge in [0.05, 0.1) is 13.2 Å². The number of sulfonamides is 1. The number of aromatic nitrogens is 2. The third-order valence-electron chi connectivity index (χ3n) is 2.56. The molecule has 1 rings (SSSR count). The van der Waals surface area contributed by atoms with Crippen LogP contribution in [0.4, 0.5) is 0 Å². The van der Waals surface area contributed by atoms with Gasteiger partial charge in [0, 0.05) is 32.9 Å². The van der Waals surface area contributed by atoms with Crippen LogP contribution < -0.4 is 5.14 Å².